The van der Waals surface area contributed by atoms with Gasteiger partial charge in [-0.05, 0) is 25.7 Å². The Kier molecular flexibility index (Phi) is 4.12. The van der Waals surface area contributed by atoms with Crippen molar-refractivity contribution < 1.29 is 13.2 Å². The molecule has 3 heterocycles. The first kappa shape index (κ1) is 15.3. The summed E-state index contributed by atoms with van der Waals surface area (Å²) in [4.78, 5) is 11.8. The van der Waals surface area contributed by atoms with Crippen LogP contribution in [0.4, 0.5) is 24.9 Å². The normalized spacial score (nSPS) is 23.2. The predicted molar refractivity (Wildman–Crippen MR) is 77.9 cm³/mol. The van der Waals surface area contributed by atoms with Crippen LogP contribution in [-0.4, -0.2) is 42.2 Å². The highest BCUT2D eigenvalue weighted by Gasteiger charge is 2.35. The quantitative estimate of drug-likeness (QED) is 0.905. The largest absolute Gasteiger partial charge is 0.433 e. The maximum atomic E-state index is 13.1. The molecule has 0 aliphatic carbocycles. The fourth-order valence-corrected chi connectivity index (χ4v) is 3.01. The van der Waals surface area contributed by atoms with Gasteiger partial charge >= 0.3 is 6.18 Å². The standard InChI is InChI=1S/C14H20F3N5/c15-14(16,17)11-8-12(22-7-3-4-10(18)9-22)20-13(19-11)21-5-1-2-6-21/h8,10H,1-7,9,18H2/t10-/m1/s1. The molecule has 1 atom stereocenters. The number of hydrogen-bond donors (Lipinski definition) is 1. The van der Waals surface area contributed by atoms with E-state index in [0.29, 0.717) is 32.0 Å². The molecule has 1 aromatic heterocycles. The summed E-state index contributed by atoms with van der Waals surface area (Å²) < 4.78 is 39.4. The van der Waals surface area contributed by atoms with Crippen molar-refractivity contribution in [3.8, 4) is 0 Å². The van der Waals surface area contributed by atoms with Crippen molar-refractivity contribution in [3.63, 3.8) is 0 Å². The van der Waals surface area contributed by atoms with Crippen molar-refractivity contribution in [1.82, 2.24) is 9.97 Å². The summed E-state index contributed by atoms with van der Waals surface area (Å²) in [5, 5.41) is 0. The van der Waals surface area contributed by atoms with Gasteiger partial charge in [0.05, 0.1) is 0 Å². The van der Waals surface area contributed by atoms with Crippen molar-refractivity contribution >= 4 is 11.8 Å². The Morgan fingerprint density at radius 1 is 1.05 bits per heavy atom. The van der Waals surface area contributed by atoms with Crippen molar-refractivity contribution in [2.45, 2.75) is 37.9 Å². The number of rotatable bonds is 2. The van der Waals surface area contributed by atoms with Gasteiger partial charge < -0.3 is 15.5 Å². The minimum Gasteiger partial charge on any atom is -0.355 e. The summed E-state index contributed by atoms with van der Waals surface area (Å²) in [5.74, 6) is 0.515. The van der Waals surface area contributed by atoms with Gasteiger partial charge in [-0.1, -0.05) is 0 Å². The molecule has 122 valence electrons. The van der Waals surface area contributed by atoms with Gasteiger partial charge in [-0.3, -0.25) is 0 Å². The third kappa shape index (κ3) is 3.26. The Hall–Kier alpha value is -1.57. The van der Waals surface area contributed by atoms with Gasteiger partial charge in [-0.25, -0.2) is 4.98 Å². The molecular weight excluding hydrogens is 295 g/mol. The highest BCUT2D eigenvalue weighted by Crippen LogP contribution is 2.32. The number of aromatic nitrogens is 2. The van der Waals surface area contributed by atoms with Crippen molar-refractivity contribution in [1.29, 1.82) is 0 Å². The molecule has 0 spiro atoms. The first-order chi connectivity index (χ1) is 10.4. The number of piperidine rings is 1. The summed E-state index contributed by atoms with van der Waals surface area (Å²) in [6.07, 6.45) is -0.782. The van der Waals surface area contributed by atoms with Crippen molar-refractivity contribution in [3.05, 3.63) is 11.8 Å². The molecular formula is C14H20F3N5. The molecule has 22 heavy (non-hydrogen) atoms. The lowest BCUT2D eigenvalue weighted by molar-refractivity contribution is -0.141. The Morgan fingerprint density at radius 2 is 1.73 bits per heavy atom. The van der Waals surface area contributed by atoms with Crippen LogP contribution >= 0.6 is 0 Å². The summed E-state index contributed by atoms with van der Waals surface area (Å²) in [5.41, 5.74) is 5.05. The summed E-state index contributed by atoms with van der Waals surface area (Å²) >= 11 is 0. The molecule has 1 aromatic rings. The van der Waals surface area contributed by atoms with Gasteiger partial charge in [0.25, 0.3) is 0 Å². The van der Waals surface area contributed by atoms with Crippen LogP contribution in [0.2, 0.25) is 0 Å². The number of hydrogen-bond acceptors (Lipinski definition) is 5. The topological polar surface area (TPSA) is 58.3 Å². The maximum absolute atomic E-state index is 13.1. The molecule has 0 bridgehead atoms. The average molecular weight is 315 g/mol. The van der Waals surface area contributed by atoms with Gasteiger partial charge in [0.2, 0.25) is 5.95 Å². The predicted octanol–water partition coefficient (Wildman–Crippen LogP) is 2.02. The highest BCUT2D eigenvalue weighted by molar-refractivity contribution is 5.47. The molecule has 0 saturated carbocycles. The first-order valence-electron chi connectivity index (χ1n) is 7.65. The second kappa shape index (κ2) is 5.91. The van der Waals surface area contributed by atoms with E-state index in [1.165, 1.54) is 0 Å². The fraction of sp³-hybridized carbons (Fsp3) is 0.714. The molecule has 2 aliphatic heterocycles. The molecule has 0 aromatic carbocycles. The number of anilines is 2. The Labute approximate surface area is 127 Å². The third-order valence-electron chi connectivity index (χ3n) is 4.16. The summed E-state index contributed by atoms with van der Waals surface area (Å²) in [6, 6.07) is 1.02. The van der Waals surface area contributed by atoms with E-state index in [2.05, 4.69) is 9.97 Å². The van der Waals surface area contributed by atoms with E-state index in [9.17, 15) is 13.2 Å². The Bertz CT molecular complexity index is 528. The molecule has 2 fully saturated rings. The fourth-order valence-electron chi connectivity index (χ4n) is 3.01. The molecule has 0 radical (unpaired) electrons. The number of halogens is 3. The van der Waals surface area contributed by atoms with Gasteiger partial charge in [0.15, 0.2) is 5.69 Å². The lowest BCUT2D eigenvalue weighted by Crippen LogP contribution is -2.43. The average Bonchev–Trinajstić information content (AvgIpc) is 3.00. The van der Waals surface area contributed by atoms with Gasteiger partial charge in [0.1, 0.15) is 5.82 Å². The maximum Gasteiger partial charge on any atom is 0.433 e. The lowest BCUT2D eigenvalue weighted by atomic mass is 10.1. The van der Waals surface area contributed by atoms with E-state index in [-0.39, 0.29) is 12.0 Å². The second-order valence-electron chi connectivity index (χ2n) is 5.95. The van der Waals surface area contributed by atoms with Gasteiger partial charge in [-0.15, -0.1) is 0 Å². The summed E-state index contributed by atoms with van der Waals surface area (Å²) in [7, 11) is 0. The number of nitrogens with zero attached hydrogens (tertiary/aromatic N) is 4. The van der Waals surface area contributed by atoms with E-state index in [1.54, 1.807) is 0 Å². The third-order valence-corrected chi connectivity index (χ3v) is 4.16. The van der Waals surface area contributed by atoms with E-state index in [0.717, 1.165) is 31.7 Å². The highest BCUT2D eigenvalue weighted by atomic mass is 19.4. The van der Waals surface area contributed by atoms with Crippen LogP contribution in [0.15, 0.2) is 6.07 Å². The van der Waals surface area contributed by atoms with Crippen LogP contribution in [-0.2, 0) is 6.18 Å². The van der Waals surface area contributed by atoms with Crippen LogP contribution in [0.5, 0.6) is 0 Å². The lowest BCUT2D eigenvalue weighted by Gasteiger charge is -2.32. The molecule has 0 amide bonds. The molecule has 8 heteroatoms. The van der Waals surface area contributed by atoms with Crippen LogP contribution in [0.1, 0.15) is 31.4 Å². The van der Waals surface area contributed by atoms with E-state index < -0.39 is 11.9 Å². The van der Waals surface area contributed by atoms with E-state index >= 15 is 0 Å². The Balaban J connectivity index is 1.95. The first-order valence-corrected chi connectivity index (χ1v) is 7.65. The number of alkyl halides is 3. The van der Waals surface area contributed by atoms with E-state index in [4.69, 9.17) is 5.73 Å². The zero-order chi connectivity index (χ0) is 15.7. The minimum atomic E-state index is -4.47. The summed E-state index contributed by atoms with van der Waals surface area (Å²) in [6.45, 7) is 2.63. The molecule has 2 N–H and O–H groups in total. The van der Waals surface area contributed by atoms with Crippen molar-refractivity contribution in [2.24, 2.45) is 5.73 Å². The molecule has 2 aliphatic rings. The van der Waals surface area contributed by atoms with Crippen molar-refractivity contribution in [2.75, 3.05) is 36.0 Å². The van der Waals surface area contributed by atoms with Gasteiger partial charge in [-0.2, -0.15) is 18.2 Å². The molecule has 3 rings (SSSR count). The zero-order valence-corrected chi connectivity index (χ0v) is 12.3. The van der Waals surface area contributed by atoms with Gasteiger partial charge in [0, 0.05) is 38.3 Å². The zero-order valence-electron chi connectivity index (χ0n) is 12.3. The molecule has 0 unspecified atom stereocenters. The minimum absolute atomic E-state index is 0.0201. The number of nitrogens with two attached hydrogens (primary N) is 1. The van der Waals surface area contributed by atoms with Crippen LogP contribution in [0.25, 0.3) is 0 Å². The van der Waals surface area contributed by atoms with E-state index in [1.807, 2.05) is 9.80 Å². The molecule has 2 saturated heterocycles. The SMILES string of the molecule is N[C@@H]1CCCN(c2cc(C(F)(F)F)nc(N3CCCC3)n2)C1. The molecule has 5 nitrogen and oxygen atoms in total. The monoisotopic (exact) mass is 315 g/mol. The second-order valence-corrected chi connectivity index (χ2v) is 5.95. The van der Waals surface area contributed by atoms with Crippen LogP contribution in [0.3, 0.4) is 0 Å². The smallest absolute Gasteiger partial charge is 0.355 e. The van der Waals surface area contributed by atoms with Crippen LogP contribution in [0, 0.1) is 0 Å². The Morgan fingerprint density at radius 3 is 2.36 bits per heavy atom. The van der Waals surface area contributed by atoms with Crippen LogP contribution < -0.4 is 15.5 Å².